The third kappa shape index (κ3) is 6.83. The first-order valence-electron chi connectivity index (χ1n) is 5.78. The van der Waals surface area contributed by atoms with Crippen LogP contribution in [0, 0.1) is 5.92 Å². The summed E-state index contributed by atoms with van der Waals surface area (Å²) in [7, 11) is 0. The Hall–Kier alpha value is -0.780. The van der Waals surface area contributed by atoms with Gasteiger partial charge in [-0.05, 0) is 25.3 Å². The Kier molecular flexibility index (Phi) is 8.79. The highest BCUT2D eigenvalue weighted by Crippen LogP contribution is 2.27. The highest BCUT2D eigenvalue weighted by molar-refractivity contribution is 5.85. The van der Waals surface area contributed by atoms with Crippen LogP contribution in [0.2, 0.25) is 0 Å². The molecule has 1 saturated carbocycles. The summed E-state index contributed by atoms with van der Waals surface area (Å²) in [6.45, 7) is 2.84. The Morgan fingerprint density at radius 3 is 2.78 bits per heavy atom. The van der Waals surface area contributed by atoms with E-state index in [2.05, 4.69) is 15.6 Å². The molecule has 0 unspecified atom stereocenters. The minimum atomic E-state index is 0. The summed E-state index contributed by atoms with van der Waals surface area (Å²) in [6, 6.07) is 0. The van der Waals surface area contributed by atoms with E-state index in [0.717, 1.165) is 19.0 Å². The van der Waals surface area contributed by atoms with E-state index < -0.39 is 0 Å². The maximum absolute atomic E-state index is 11.4. The van der Waals surface area contributed by atoms with E-state index in [0.29, 0.717) is 13.1 Å². The van der Waals surface area contributed by atoms with Gasteiger partial charge in [-0.3, -0.25) is 4.79 Å². The van der Waals surface area contributed by atoms with Crippen molar-refractivity contribution in [3.8, 4) is 0 Å². The second-order valence-corrected chi connectivity index (χ2v) is 4.22. The molecule has 7 heteroatoms. The van der Waals surface area contributed by atoms with Crippen LogP contribution < -0.4 is 10.6 Å². The largest absolute Gasteiger partial charge is 0.353 e. The lowest BCUT2D eigenvalue weighted by atomic mass is 10.4. The lowest BCUT2D eigenvalue weighted by molar-refractivity contribution is -0.120. The predicted molar refractivity (Wildman–Crippen MR) is 75.3 cm³/mol. The molecule has 104 valence electrons. The number of nitrogens with one attached hydrogen (secondary N) is 2. The number of carbonyl (C=O) groups excluding carboxylic acids is 1. The Morgan fingerprint density at radius 2 is 2.17 bits per heavy atom. The van der Waals surface area contributed by atoms with E-state index in [1.807, 2.05) is 10.8 Å². The van der Waals surface area contributed by atoms with Gasteiger partial charge in [0.2, 0.25) is 5.91 Å². The van der Waals surface area contributed by atoms with Crippen molar-refractivity contribution in [2.45, 2.75) is 19.4 Å². The van der Waals surface area contributed by atoms with Crippen LogP contribution in [0.5, 0.6) is 0 Å². The van der Waals surface area contributed by atoms with E-state index in [9.17, 15) is 4.79 Å². The van der Waals surface area contributed by atoms with Gasteiger partial charge in [0.05, 0.1) is 12.9 Å². The summed E-state index contributed by atoms with van der Waals surface area (Å²) < 4.78 is 1.94. The fourth-order valence-electron chi connectivity index (χ4n) is 1.52. The number of amides is 1. The quantitative estimate of drug-likeness (QED) is 0.784. The second-order valence-electron chi connectivity index (χ2n) is 4.22. The smallest absolute Gasteiger partial charge is 0.234 e. The van der Waals surface area contributed by atoms with E-state index >= 15 is 0 Å². The molecule has 5 nitrogen and oxygen atoms in total. The predicted octanol–water partition coefficient (Wildman–Crippen LogP) is 0.842. The molecular weight excluding hydrogens is 275 g/mol. The Bertz CT molecular complexity index is 328. The summed E-state index contributed by atoms with van der Waals surface area (Å²) in [5, 5.41) is 6.02. The number of nitrogens with zero attached hydrogens (tertiary/aromatic N) is 2. The normalized spacial score (nSPS) is 13.3. The number of halogens is 2. The molecule has 0 aliphatic heterocycles. The van der Waals surface area contributed by atoms with Gasteiger partial charge >= 0.3 is 0 Å². The molecule has 0 bridgehead atoms. The molecule has 1 aromatic heterocycles. The second kappa shape index (κ2) is 9.19. The molecule has 2 rings (SSSR count). The van der Waals surface area contributed by atoms with Crippen molar-refractivity contribution in [3.63, 3.8) is 0 Å². The number of carbonyl (C=O) groups is 1. The van der Waals surface area contributed by atoms with Gasteiger partial charge in [-0.15, -0.1) is 24.8 Å². The number of aromatic nitrogens is 2. The van der Waals surface area contributed by atoms with Gasteiger partial charge in [-0.1, -0.05) is 0 Å². The zero-order chi connectivity index (χ0) is 11.2. The monoisotopic (exact) mass is 294 g/mol. The molecular formula is C11H20Cl2N4O. The van der Waals surface area contributed by atoms with E-state index in [4.69, 9.17) is 0 Å². The molecule has 0 saturated heterocycles. The maximum Gasteiger partial charge on any atom is 0.234 e. The Morgan fingerprint density at radius 1 is 1.39 bits per heavy atom. The highest BCUT2D eigenvalue weighted by atomic mass is 35.5. The average molecular weight is 295 g/mol. The molecule has 1 aromatic rings. The standard InChI is InChI=1S/C11H18N4O.2ClH/c16-11(8-13-7-10-1-2-10)14-4-6-15-5-3-12-9-15;;/h3,5,9-10,13H,1-2,4,6-8H2,(H,14,16);2*1H. The molecule has 0 aromatic carbocycles. The molecule has 0 atom stereocenters. The molecule has 1 aliphatic carbocycles. The summed E-state index contributed by atoms with van der Waals surface area (Å²) in [5.74, 6) is 0.888. The van der Waals surface area contributed by atoms with Gasteiger partial charge < -0.3 is 15.2 Å². The molecule has 1 fully saturated rings. The fraction of sp³-hybridized carbons (Fsp3) is 0.636. The summed E-state index contributed by atoms with van der Waals surface area (Å²) >= 11 is 0. The van der Waals surface area contributed by atoms with Crippen LogP contribution in [0.3, 0.4) is 0 Å². The topological polar surface area (TPSA) is 59.0 Å². The fourth-order valence-corrected chi connectivity index (χ4v) is 1.52. The summed E-state index contributed by atoms with van der Waals surface area (Å²) in [4.78, 5) is 15.3. The van der Waals surface area contributed by atoms with Crippen LogP contribution in [0.1, 0.15) is 12.8 Å². The molecule has 1 heterocycles. The van der Waals surface area contributed by atoms with Crippen molar-refractivity contribution in [1.29, 1.82) is 0 Å². The number of hydrogen-bond donors (Lipinski definition) is 2. The zero-order valence-corrected chi connectivity index (χ0v) is 11.8. The molecule has 18 heavy (non-hydrogen) atoms. The number of rotatable bonds is 7. The first-order valence-corrected chi connectivity index (χ1v) is 5.78. The van der Waals surface area contributed by atoms with Crippen molar-refractivity contribution in [2.75, 3.05) is 19.6 Å². The summed E-state index contributed by atoms with van der Waals surface area (Å²) in [6.07, 6.45) is 8.00. The van der Waals surface area contributed by atoms with Crippen LogP contribution >= 0.6 is 24.8 Å². The van der Waals surface area contributed by atoms with Crippen LogP contribution in [-0.4, -0.2) is 35.1 Å². The van der Waals surface area contributed by atoms with Crippen LogP contribution in [0.4, 0.5) is 0 Å². The number of imidazole rings is 1. The molecule has 0 radical (unpaired) electrons. The van der Waals surface area contributed by atoms with Crippen LogP contribution in [0.25, 0.3) is 0 Å². The van der Waals surface area contributed by atoms with Gasteiger partial charge in [0.1, 0.15) is 0 Å². The number of hydrogen-bond acceptors (Lipinski definition) is 3. The van der Waals surface area contributed by atoms with E-state index in [-0.39, 0.29) is 30.7 Å². The average Bonchev–Trinajstić information content (AvgIpc) is 2.94. The van der Waals surface area contributed by atoms with Crippen molar-refractivity contribution in [3.05, 3.63) is 18.7 Å². The Labute approximate surface area is 120 Å². The first-order chi connectivity index (χ1) is 7.84. The van der Waals surface area contributed by atoms with Crippen molar-refractivity contribution < 1.29 is 4.79 Å². The molecule has 2 N–H and O–H groups in total. The van der Waals surface area contributed by atoms with E-state index in [1.54, 1.807) is 12.5 Å². The van der Waals surface area contributed by atoms with Gasteiger partial charge in [0.15, 0.2) is 0 Å². The Balaban J connectivity index is 0.00000144. The third-order valence-electron chi connectivity index (χ3n) is 2.67. The van der Waals surface area contributed by atoms with Crippen molar-refractivity contribution in [1.82, 2.24) is 20.2 Å². The maximum atomic E-state index is 11.4. The first kappa shape index (κ1) is 17.2. The highest BCUT2D eigenvalue weighted by Gasteiger charge is 2.20. The van der Waals surface area contributed by atoms with Crippen LogP contribution in [0.15, 0.2) is 18.7 Å². The minimum Gasteiger partial charge on any atom is -0.353 e. The van der Waals surface area contributed by atoms with Gasteiger partial charge in [-0.25, -0.2) is 4.98 Å². The van der Waals surface area contributed by atoms with Gasteiger partial charge in [-0.2, -0.15) is 0 Å². The van der Waals surface area contributed by atoms with E-state index in [1.165, 1.54) is 12.8 Å². The molecule has 1 aliphatic rings. The molecule has 0 spiro atoms. The van der Waals surface area contributed by atoms with Gasteiger partial charge in [0, 0.05) is 25.5 Å². The minimum absolute atomic E-state index is 0. The third-order valence-corrected chi connectivity index (χ3v) is 2.67. The molecule has 1 amide bonds. The lowest BCUT2D eigenvalue weighted by Gasteiger charge is -2.06. The lowest BCUT2D eigenvalue weighted by Crippen LogP contribution is -2.36. The van der Waals surface area contributed by atoms with Crippen LogP contribution in [-0.2, 0) is 11.3 Å². The van der Waals surface area contributed by atoms with Crippen molar-refractivity contribution >= 4 is 30.7 Å². The van der Waals surface area contributed by atoms with Crippen molar-refractivity contribution in [2.24, 2.45) is 5.92 Å². The summed E-state index contributed by atoms with van der Waals surface area (Å²) in [5.41, 5.74) is 0. The van der Waals surface area contributed by atoms with Gasteiger partial charge in [0.25, 0.3) is 0 Å². The SMILES string of the molecule is Cl.Cl.O=C(CNCC1CC1)NCCn1ccnc1. The zero-order valence-electron chi connectivity index (χ0n) is 10.2.